The number of thiophene rings is 1. The summed E-state index contributed by atoms with van der Waals surface area (Å²) in [6.07, 6.45) is 2.49. The SMILES string of the molecule is CC1CCN(C(CNC(=O)C2COCCN2)c2cccs2)CC1. The number of rotatable bonds is 5. The van der Waals surface area contributed by atoms with Crippen LogP contribution in [0, 0.1) is 5.92 Å². The minimum atomic E-state index is -0.214. The molecule has 5 nitrogen and oxygen atoms in total. The minimum Gasteiger partial charge on any atom is -0.378 e. The van der Waals surface area contributed by atoms with Gasteiger partial charge in [0.2, 0.25) is 5.91 Å². The van der Waals surface area contributed by atoms with E-state index in [9.17, 15) is 4.79 Å². The van der Waals surface area contributed by atoms with E-state index >= 15 is 0 Å². The summed E-state index contributed by atoms with van der Waals surface area (Å²) in [4.78, 5) is 16.2. The fourth-order valence-electron chi connectivity index (χ4n) is 3.29. The molecule has 0 aliphatic carbocycles. The summed E-state index contributed by atoms with van der Waals surface area (Å²) in [7, 11) is 0. The first-order valence-electron chi connectivity index (χ1n) is 8.60. The number of nitrogens with zero attached hydrogens (tertiary/aromatic N) is 1. The van der Waals surface area contributed by atoms with Crippen molar-refractivity contribution in [3.63, 3.8) is 0 Å². The van der Waals surface area contributed by atoms with Gasteiger partial charge >= 0.3 is 0 Å². The van der Waals surface area contributed by atoms with E-state index < -0.39 is 0 Å². The minimum absolute atomic E-state index is 0.0524. The third-order valence-corrected chi connectivity index (χ3v) is 5.81. The van der Waals surface area contributed by atoms with E-state index in [-0.39, 0.29) is 18.0 Å². The van der Waals surface area contributed by atoms with E-state index in [4.69, 9.17) is 4.74 Å². The lowest BCUT2D eigenvalue weighted by Gasteiger charge is -2.36. The number of amides is 1. The lowest BCUT2D eigenvalue weighted by Crippen LogP contribution is -2.52. The lowest BCUT2D eigenvalue weighted by molar-refractivity contribution is -0.126. The van der Waals surface area contributed by atoms with Crippen molar-refractivity contribution in [1.29, 1.82) is 0 Å². The molecular formula is C17H27N3O2S. The second-order valence-corrected chi connectivity index (χ2v) is 7.56. The van der Waals surface area contributed by atoms with Crippen LogP contribution in [0.5, 0.6) is 0 Å². The van der Waals surface area contributed by atoms with E-state index in [1.165, 1.54) is 17.7 Å². The van der Waals surface area contributed by atoms with Gasteiger partial charge in [-0.1, -0.05) is 13.0 Å². The maximum Gasteiger partial charge on any atom is 0.239 e. The molecule has 1 aromatic heterocycles. The van der Waals surface area contributed by atoms with Crippen LogP contribution in [0.3, 0.4) is 0 Å². The first-order chi connectivity index (χ1) is 11.2. The molecule has 0 spiro atoms. The Morgan fingerprint density at radius 3 is 3.00 bits per heavy atom. The van der Waals surface area contributed by atoms with Crippen LogP contribution in [-0.4, -0.2) is 56.2 Å². The fraction of sp³-hybridized carbons (Fsp3) is 0.706. The summed E-state index contributed by atoms with van der Waals surface area (Å²) in [6.45, 7) is 7.13. The Hall–Kier alpha value is -0.950. The second kappa shape index (κ2) is 8.24. The normalized spacial score (nSPS) is 25.2. The summed E-state index contributed by atoms with van der Waals surface area (Å²) in [5, 5.41) is 8.47. The maximum absolute atomic E-state index is 12.3. The smallest absolute Gasteiger partial charge is 0.239 e. The quantitative estimate of drug-likeness (QED) is 0.857. The maximum atomic E-state index is 12.3. The highest BCUT2D eigenvalue weighted by Crippen LogP contribution is 2.29. The zero-order chi connectivity index (χ0) is 16.1. The number of carbonyl (C=O) groups is 1. The molecular weight excluding hydrogens is 310 g/mol. The topological polar surface area (TPSA) is 53.6 Å². The zero-order valence-corrected chi connectivity index (χ0v) is 14.6. The van der Waals surface area contributed by atoms with E-state index in [2.05, 4.69) is 40.0 Å². The average molecular weight is 337 g/mol. The zero-order valence-electron chi connectivity index (χ0n) is 13.8. The van der Waals surface area contributed by atoms with Gasteiger partial charge in [0, 0.05) is 18.0 Å². The van der Waals surface area contributed by atoms with Gasteiger partial charge in [0.25, 0.3) is 0 Å². The molecule has 0 aromatic carbocycles. The molecule has 128 valence electrons. The number of ether oxygens (including phenoxy) is 1. The van der Waals surface area contributed by atoms with E-state index in [1.807, 2.05) is 0 Å². The standard InChI is InChI=1S/C17H27N3O2S/c1-13-4-7-20(8-5-13)15(16-3-2-10-23-16)11-19-17(21)14-12-22-9-6-18-14/h2-3,10,13-15,18H,4-9,11-12H2,1H3,(H,19,21). The molecule has 0 bridgehead atoms. The van der Waals surface area contributed by atoms with Crippen LogP contribution >= 0.6 is 11.3 Å². The molecule has 2 aliphatic rings. The number of nitrogens with one attached hydrogen (secondary N) is 2. The number of piperidine rings is 1. The highest BCUT2D eigenvalue weighted by Gasteiger charge is 2.27. The molecule has 2 unspecified atom stereocenters. The summed E-state index contributed by atoms with van der Waals surface area (Å²) in [5.41, 5.74) is 0. The highest BCUT2D eigenvalue weighted by atomic mass is 32.1. The third-order valence-electron chi connectivity index (χ3n) is 4.84. The first kappa shape index (κ1) is 16.9. The van der Waals surface area contributed by atoms with Crippen LogP contribution in [0.2, 0.25) is 0 Å². The Morgan fingerprint density at radius 1 is 1.52 bits per heavy atom. The van der Waals surface area contributed by atoms with Gasteiger partial charge in [-0.25, -0.2) is 0 Å². The van der Waals surface area contributed by atoms with Crippen molar-refractivity contribution < 1.29 is 9.53 Å². The molecule has 0 radical (unpaired) electrons. The van der Waals surface area contributed by atoms with Crippen molar-refractivity contribution in [3.8, 4) is 0 Å². The molecule has 23 heavy (non-hydrogen) atoms. The molecule has 2 atom stereocenters. The van der Waals surface area contributed by atoms with Gasteiger partial charge in [0.05, 0.1) is 19.3 Å². The van der Waals surface area contributed by atoms with Crippen molar-refractivity contribution in [2.24, 2.45) is 5.92 Å². The predicted octanol–water partition coefficient (Wildman–Crippen LogP) is 1.63. The van der Waals surface area contributed by atoms with E-state index in [0.717, 1.165) is 25.6 Å². The number of likely N-dealkylation sites (tertiary alicyclic amines) is 1. The lowest BCUT2D eigenvalue weighted by atomic mass is 9.97. The molecule has 2 fully saturated rings. The monoisotopic (exact) mass is 337 g/mol. The van der Waals surface area contributed by atoms with Gasteiger partial charge in [-0.15, -0.1) is 11.3 Å². The van der Waals surface area contributed by atoms with E-state index in [1.54, 1.807) is 11.3 Å². The number of hydrogen-bond donors (Lipinski definition) is 2. The predicted molar refractivity (Wildman–Crippen MR) is 92.7 cm³/mol. The van der Waals surface area contributed by atoms with Gasteiger partial charge in [-0.3, -0.25) is 9.69 Å². The van der Waals surface area contributed by atoms with Crippen LogP contribution < -0.4 is 10.6 Å². The molecule has 3 rings (SSSR count). The number of morpholine rings is 1. The van der Waals surface area contributed by atoms with Crippen LogP contribution in [0.4, 0.5) is 0 Å². The van der Waals surface area contributed by atoms with Crippen molar-refractivity contribution in [3.05, 3.63) is 22.4 Å². The Labute approximate surface area is 142 Å². The van der Waals surface area contributed by atoms with Gasteiger partial charge in [0.15, 0.2) is 0 Å². The summed E-state index contributed by atoms with van der Waals surface area (Å²) < 4.78 is 5.38. The Kier molecular flexibility index (Phi) is 6.05. The highest BCUT2D eigenvalue weighted by molar-refractivity contribution is 7.10. The van der Waals surface area contributed by atoms with Crippen LogP contribution in [-0.2, 0) is 9.53 Å². The van der Waals surface area contributed by atoms with Gasteiger partial charge in [0.1, 0.15) is 6.04 Å². The number of carbonyl (C=O) groups excluding carboxylic acids is 1. The van der Waals surface area contributed by atoms with Crippen molar-refractivity contribution in [2.45, 2.75) is 31.8 Å². The van der Waals surface area contributed by atoms with Crippen molar-refractivity contribution in [1.82, 2.24) is 15.5 Å². The Morgan fingerprint density at radius 2 is 2.35 bits per heavy atom. The molecule has 1 amide bonds. The largest absolute Gasteiger partial charge is 0.378 e. The Bertz CT molecular complexity index is 480. The third kappa shape index (κ3) is 4.53. The fourth-order valence-corrected chi connectivity index (χ4v) is 4.15. The van der Waals surface area contributed by atoms with Gasteiger partial charge < -0.3 is 15.4 Å². The molecule has 0 saturated carbocycles. The van der Waals surface area contributed by atoms with Crippen molar-refractivity contribution >= 4 is 17.2 Å². The summed E-state index contributed by atoms with van der Waals surface area (Å²) in [5.74, 6) is 0.866. The molecule has 2 aliphatic heterocycles. The summed E-state index contributed by atoms with van der Waals surface area (Å²) >= 11 is 1.78. The van der Waals surface area contributed by atoms with E-state index in [0.29, 0.717) is 19.8 Å². The van der Waals surface area contributed by atoms with Gasteiger partial charge in [-0.05, 0) is 43.3 Å². The number of hydrogen-bond acceptors (Lipinski definition) is 5. The second-order valence-electron chi connectivity index (χ2n) is 6.58. The average Bonchev–Trinajstić information content (AvgIpc) is 3.11. The van der Waals surface area contributed by atoms with Crippen LogP contribution in [0.1, 0.15) is 30.7 Å². The molecule has 2 saturated heterocycles. The molecule has 2 N–H and O–H groups in total. The molecule has 6 heteroatoms. The summed E-state index contributed by atoms with van der Waals surface area (Å²) in [6, 6.07) is 4.35. The van der Waals surface area contributed by atoms with Crippen molar-refractivity contribution in [2.75, 3.05) is 39.4 Å². The molecule has 1 aromatic rings. The van der Waals surface area contributed by atoms with Crippen LogP contribution in [0.15, 0.2) is 17.5 Å². The first-order valence-corrected chi connectivity index (χ1v) is 9.48. The van der Waals surface area contributed by atoms with Crippen LogP contribution in [0.25, 0.3) is 0 Å². The molecule has 3 heterocycles. The van der Waals surface area contributed by atoms with Gasteiger partial charge in [-0.2, -0.15) is 0 Å². The Balaban J connectivity index is 1.59.